The van der Waals surface area contributed by atoms with Crippen molar-refractivity contribution in [3.8, 4) is 0 Å². The Balaban J connectivity index is 0.00000338. The molecule has 0 saturated carbocycles. The van der Waals surface area contributed by atoms with Crippen LogP contribution in [0.2, 0.25) is 0 Å². The van der Waals surface area contributed by atoms with E-state index in [2.05, 4.69) is 10.2 Å². The average Bonchev–Trinajstić information content (AvgIpc) is 2.71. The van der Waals surface area contributed by atoms with Gasteiger partial charge in [-0.1, -0.05) is 6.08 Å². The molecule has 2 aliphatic heterocycles. The number of carbonyl (C=O) groups excluding carboxylic acids is 3. The molecule has 0 radical (unpaired) electrons. The summed E-state index contributed by atoms with van der Waals surface area (Å²) in [4.78, 5) is 40.3. The van der Waals surface area contributed by atoms with E-state index in [0.29, 0.717) is 10.6 Å². The van der Waals surface area contributed by atoms with Gasteiger partial charge in [-0.05, 0) is 12.5 Å². The molecule has 2 rings (SSSR count). The number of carboxylic acids is 1. The molecule has 3 amide bonds. The first kappa shape index (κ1) is 22.3. The van der Waals surface area contributed by atoms with Gasteiger partial charge in [-0.15, -0.1) is 0 Å². The molecule has 0 aromatic rings. The molecular weight excluding hydrogens is 372 g/mol. The van der Waals surface area contributed by atoms with E-state index < -0.39 is 53.2 Å². The summed E-state index contributed by atoms with van der Waals surface area (Å²) in [5, 5.41) is 17.9. The van der Waals surface area contributed by atoms with Crippen molar-refractivity contribution in [1.29, 1.82) is 0 Å². The third kappa shape index (κ3) is 4.93. The van der Waals surface area contributed by atoms with Gasteiger partial charge in [0.2, 0.25) is 5.91 Å². The Kier molecular flexibility index (Phi) is 7.16. The minimum Gasteiger partial charge on any atom is -0.544 e. The number of hydrogen-bond acceptors (Lipinski definition) is 7. The molecule has 0 aromatic heterocycles. The number of rotatable bonds is 7. The van der Waals surface area contributed by atoms with Gasteiger partial charge in [-0.3, -0.25) is 4.79 Å². The average molecular weight is 387 g/mol. The largest absolute Gasteiger partial charge is 1.00 e. The van der Waals surface area contributed by atoms with E-state index in [1.807, 2.05) is 4.72 Å². The van der Waals surface area contributed by atoms with E-state index in [0.717, 1.165) is 4.90 Å². The van der Waals surface area contributed by atoms with Gasteiger partial charge in [-0.2, -0.15) is 18.2 Å². The summed E-state index contributed by atoms with van der Waals surface area (Å²) in [6, 6.07) is -2.79. The number of halogens is 1. The van der Waals surface area contributed by atoms with E-state index in [1.54, 1.807) is 0 Å². The molecule has 2 bridgehead atoms. The summed E-state index contributed by atoms with van der Waals surface area (Å²) in [6.45, 7) is 0.986. The number of aliphatic carboxylic acids is 1. The molecule has 26 heavy (non-hydrogen) atoms. The van der Waals surface area contributed by atoms with Crippen molar-refractivity contribution in [2.24, 2.45) is 5.14 Å². The Morgan fingerprint density at radius 1 is 1.54 bits per heavy atom. The molecule has 0 aromatic carbocycles. The number of urea groups is 1. The summed E-state index contributed by atoms with van der Waals surface area (Å²) in [6.07, 6.45) is -1.40. The van der Waals surface area contributed by atoms with E-state index in [4.69, 9.17) is 5.14 Å². The van der Waals surface area contributed by atoms with Crippen LogP contribution in [0, 0.1) is 0 Å². The standard InChI is InChI=1S/C11H16FN5O7S.Li/c1-5-2-6-3-16(11(21)17(6)24-8(12)10(19)20)7(5)9(18)14-4-15-25(13,22)23;/h2,6-8,15H,3-4H2,1H3,(H,14,18)(H,19,20)(H2,13,22,23);/q;+1/p-1/t6-,7+,8-;/m1./s1. The zero-order chi connectivity index (χ0) is 18.9. The van der Waals surface area contributed by atoms with E-state index in [9.17, 15) is 32.3 Å². The Bertz CT molecular complexity index is 732. The third-order valence-electron chi connectivity index (χ3n) is 3.49. The van der Waals surface area contributed by atoms with Gasteiger partial charge in [-0.25, -0.2) is 19.2 Å². The summed E-state index contributed by atoms with van der Waals surface area (Å²) in [5.41, 5.74) is 0.410. The van der Waals surface area contributed by atoms with Crippen LogP contribution >= 0.6 is 0 Å². The first-order valence-electron chi connectivity index (χ1n) is 6.86. The number of hydroxylamine groups is 2. The Morgan fingerprint density at radius 2 is 2.15 bits per heavy atom. The zero-order valence-electron chi connectivity index (χ0n) is 13.8. The first-order valence-corrected chi connectivity index (χ1v) is 8.41. The number of carbonyl (C=O) groups is 3. The Labute approximate surface area is 159 Å². The van der Waals surface area contributed by atoms with Crippen LogP contribution < -0.4 is 39.1 Å². The molecule has 0 aliphatic carbocycles. The summed E-state index contributed by atoms with van der Waals surface area (Å²) in [7, 11) is -4.01. The van der Waals surface area contributed by atoms with Crippen LogP contribution in [0.3, 0.4) is 0 Å². The molecule has 0 unspecified atom stereocenters. The summed E-state index contributed by atoms with van der Waals surface area (Å²) in [5.74, 6) is -2.86. The van der Waals surface area contributed by atoms with Gasteiger partial charge < -0.3 is 20.1 Å². The molecule has 3 atom stereocenters. The second-order valence-electron chi connectivity index (χ2n) is 5.29. The second kappa shape index (κ2) is 8.33. The van der Waals surface area contributed by atoms with Crippen molar-refractivity contribution < 1.29 is 56.0 Å². The molecule has 15 heteroatoms. The van der Waals surface area contributed by atoms with Crippen LogP contribution in [0.25, 0.3) is 0 Å². The fourth-order valence-electron chi connectivity index (χ4n) is 2.53. The van der Waals surface area contributed by atoms with Crippen molar-refractivity contribution in [2.75, 3.05) is 13.2 Å². The van der Waals surface area contributed by atoms with Crippen LogP contribution in [0.4, 0.5) is 9.18 Å². The summed E-state index contributed by atoms with van der Waals surface area (Å²) < 4.78 is 36.5. The van der Waals surface area contributed by atoms with Crippen LogP contribution in [0.5, 0.6) is 0 Å². The predicted octanol–water partition coefficient (Wildman–Crippen LogP) is -6.73. The molecule has 4 N–H and O–H groups in total. The monoisotopic (exact) mass is 387 g/mol. The molecule has 1 saturated heterocycles. The van der Waals surface area contributed by atoms with Crippen LogP contribution in [0.15, 0.2) is 11.6 Å². The maximum absolute atomic E-state index is 13.2. The molecule has 2 heterocycles. The van der Waals surface area contributed by atoms with Crippen LogP contribution in [-0.2, 0) is 24.6 Å². The molecule has 1 fully saturated rings. The van der Waals surface area contributed by atoms with Crippen molar-refractivity contribution in [2.45, 2.75) is 25.4 Å². The second-order valence-corrected chi connectivity index (χ2v) is 6.67. The normalized spacial score (nSPS) is 23.2. The van der Waals surface area contributed by atoms with E-state index >= 15 is 0 Å². The maximum atomic E-state index is 13.2. The number of alkyl halides is 1. The van der Waals surface area contributed by atoms with Gasteiger partial charge in [0, 0.05) is 0 Å². The van der Waals surface area contributed by atoms with E-state index in [-0.39, 0.29) is 25.4 Å². The Hall–Kier alpha value is -1.69. The number of carboxylic acid groups (broad SMARTS) is 1. The molecule has 2 aliphatic rings. The van der Waals surface area contributed by atoms with Gasteiger partial charge in [0.25, 0.3) is 16.6 Å². The molecule has 140 valence electrons. The van der Waals surface area contributed by atoms with Crippen LogP contribution in [-0.4, -0.2) is 67.9 Å². The minimum atomic E-state index is -4.01. The van der Waals surface area contributed by atoms with E-state index in [1.165, 1.54) is 13.0 Å². The number of fused-ring (bicyclic) bond motifs is 2. The minimum absolute atomic E-state index is 0. The van der Waals surface area contributed by atoms with Gasteiger partial charge in [0.15, 0.2) is 0 Å². The van der Waals surface area contributed by atoms with Gasteiger partial charge in [0.05, 0.1) is 19.3 Å². The van der Waals surface area contributed by atoms with Crippen molar-refractivity contribution in [3.05, 3.63) is 11.6 Å². The number of nitrogens with zero attached hydrogens (tertiary/aromatic N) is 2. The van der Waals surface area contributed by atoms with Gasteiger partial charge in [0.1, 0.15) is 12.0 Å². The van der Waals surface area contributed by atoms with Crippen molar-refractivity contribution in [3.63, 3.8) is 0 Å². The Morgan fingerprint density at radius 3 is 2.69 bits per heavy atom. The number of nitrogens with two attached hydrogens (primary N) is 1. The van der Waals surface area contributed by atoms with Crippen molar-refractivity contribution >= 4 is 28.1 Å². The first-order chi connectivity index (χ1) is 11.5. The molecule has 0 spiro atoms. The SMILES string of the molecule is CC1=C[C@@H]2CN(C(=O)N2O[C@@H](F)C(=O)[O-])[C@@H]1C(=O)NCNS(N)(=O)=O.[Li+]. The van der Waals surface area contributed by atoms with Crippen molar-refractivity contribution in [1.82, 2.24) is 20.0 Å². The third-order valence-corrected chi connectivity index (χ3v) is 4.04. The maximum Gasteiger partial charge on any atom is 1.00 e. The number of nitrogens with one attached hydrogen (secondary N) is 2. The molecule has 12 nitrogen and oxygen atoms in total. The fraction of sp³-hybridized carbons (Fsp3) is 0.545. The van der Waals surface area contributed by atoms with Gasteiger partial charge >= 0.3 is 24.9 Å². The molecular formula is C11H15FLiN5O7S. The zero-order valence-corrected chi connectivity index (χ0v) is 14.7. The smallest absolute Gasteiger partial charge is 0.544 e. The topological polar surface area (TPSA) is 174 Å². The quantitative estimate of drug-likeness (QED) is 0.221. The predicted molar refractivity (Wildman–Crippen MR) is 75.5 cm³/mol. The summed E-state index contributed by atoms with van der Waals surface area (Å²) >= 11 is 0. The fourth-order valence-corrected chi connectivity index (χ4v) is 2.81. The van der Waals surface area contributed by atoms with Crippen LogP contribution in [0.1, 0.15) is 6.92 Å². The number of amides is 3. The number of hydrogen-bond donors (Lipinski definition) is 3.